The van der Waals surface area contributed by atoms with Gasteiger partial charge in [0.1, 0.15) is 11.6 Å². The first-order valence-electron chi connectivity index (χ1n) is 7.80. The number of nitrogens with zero attached hydrogens (tertiary/aromatic N) is 4. The Morgan fingerprint density at radius 3 is 2.57 bits per heavy atom. The first-order chi connectivity index (χ1) is 10.2. The molecular weight excluding hydrogens is 266 g/mol. The summed E-state index contributed by atoms with van der Waals surface area (Å²) in [6, 6.07) is 1.92. The predicted molar refractivity (Wildman–Crippen MR) is 84.9 cm³/mol. The number of methoxy groups -OCH3 is 1. The molecule has 1 aliphatic rings. The van der Waals surface area contributed by atoms with Crippen molar-refractivity contribution in [3.8, 4) is 5.88 Å². The zero-order valence-corrected chi connectivity index (χ0v) is 13.2. The SMILES string of the molecule is COc1cc(N2CCN(CCCCCN)CC2)nc(C)n1. The van der Waals surface area contributed by atoms with E-state index in [1.165, 1.54) is 19.4 Å². The van der Waals surface area contributed by atoms with Crippen LogP contribution in [0.4, 0.5) is 5.82 Å². The smallest absolute Gasteiger partial charge is 0.218 e. The average Bonchev–Trinajstić information content (AvgIpc) is 2.51. The third kappa shape index (κ3) is 4.82. The summed E-state index contributed by atoms with van der Waals surface area (Å²) < 4.78 is 5.23. The topological polar surface area (TPSA) is 67.5 Å². The monoisotopic (exact) mass is 293 g/mol. The van der Waals surface area contributed by atoms with Gasteiger partial charge in [-0.15, -0.1) is 0 Å². The van der Waals surface area contributed by atoms with Gasteiger partial charge in [0, 0.05) is 32.2 Å². The summed E-state index contributed by atoms with van der Waals surface area (Å²) in [5, 5.41) is 0. The predicted octanol–water partition coefficient (Wildman–Crippen LogP) is 1.04. The van der Waals surface area contributed by atoms with Gasteiger partial charge in [0.2, 0.25) is 5.88 Å². The molecule has 0 bridgehead atoms. The zero-order chi connectivity index (χ0) is 15.1. The van der Waals surface area contributed by atoms with Gasteiger partial charge in [-0.1, -0.05) is 6.42 Å². The van der Waals surface area contributed by atoms with E-state index in [0.717, 1.165) is 50.8 Å². The van der Waals surface area contributed by atoms with Crippen LogP contribution < -0.4 is 15.4 Å². The van der Waals surface area contributed by atoms with Gasteiger partial charge in [0.15, 0.2) is 0 Å². The first kappa shape index (κ1) is 16.0. The van der Waals surface area contributed by atoms with E-state index in [9.17, 15) is 0 Å². The van der Waals surface area contributed by atoms with Gasteiger partial charge in [-0.05, 0) is 32.9 Å². The Hall–Kier alpha value is -1.40. The maximum Gasteiger partial charge on any atom is 0.218 e. The molecule has 0 saturated carbocycles. The van der Waals surface area contributed by atoms with Crippen LogP contribution in [0.25, 0.3) is 0 Å². The van der Waals surface area contributed by atoms with Gasteiger partial charge in [-0.3, -0.25) is 4.90 Å². The van der Waals surface area contributed by atoms with Crippen molar-refractivity contribution in [2.45, 2.75) is 26.2 Å². The fraction of sp³-hybridized carbons (Fsp3) is 0.733. The number of hydrogen-bond acceptors (Lipinski definition) is 6. The molecule has 0 radical (unpaired) electrons. The summed E-state index contributed by atoms with van der Waals surface area (Å²) in [5.41, 5.74) is 5.52. The minimum Gasteiger partial charge on any atom is -0.481 e. The summed E-state index contributed by atoms with van der Waals surface area (Å²) in [5.74, 6) is 2.37. The number of aryl methyl sites for hydroxylation is 1. The molecule has 1 aromatic heterocycles. The van der Waals surface area contributed by atoms with E-state index in [2.05, 4.69) is 19.8 Å². The van der Waals surface area contributed by atoms with E-state index in [1.54, 1.807) is 7.11 Å². The number of piperazine rings is 1. The Balaban J connectivity index is 1.82. The van der Waals surface area contributed by atoms with E-state index in [4.69, 9.17) is 10.5 Å². The molecule has 6 heteroatoms. The van der Waals surface area contributed by atoms with Crippen LogP contribution >= 0.6 is 0 Å². The summed E-state index contributed by atoms with van der Waals surface area (Å²) in [7, 11) is 1.64. The molecule has 0 atom stereocenters. The van der Waals surface area contributed by atoms with Crippen LogP contribution in [0.3, 0.4) is 0 Å². The van der Waals surface area contributed by atoms with Gasteiger partial charge in [-0.2, -0.15) is 4.98 Å². The fourth-order valence-electron chi connectivity index (χ4n) is 2.65. The Labute approximate surface area is 127 Å². The second-order valence-corrected chi connectivity index (χ2v) is 5.49. The molecule has 1 saturated heterocycles. The molecule has 6 nitrogen and oxygen atoms in total. The molecule has 1 aromatic rings. The minimum absolute atomic E-state index is 0.640. The summed E-state index contributed by atoms with van der Waals surface area (Å²) in [6.45, 7) is 8.09. The molecule has 0 amide bonds. The Morgan fingerprint density at radius 1 is 1.14 bits per heavy atom. The lowest BCUT2D eigenvalue weighted by Crippen LogP contribution is -2.47. The number of anilines is 1. The quantitative estimate of drug-likeness (QED) is 0.758. The molecule has 2 N–H and O–H groups in total. The molecular formula is C15H27N5O. The Morgan fingerprint density at radius 2 is 1.90 bits per heavy atom. The number of aromatic nitrogens is 2. The maximum atomic E-state index is 5.52. The molecule has 0 spiro atoms. The number of ether oxygens (including phenoxy) is 1. The van der Waals surface area contributed by atoms with Crippen molar-refractivity contribution < 1.29 is 4.74 Å². The van der Waals surface area contributed by atoms with Crippen LogP contribution in [-0.4, -0.2) is 61.2 Å². The second-order valence-electron chi connectivity index (χ2n) is 5.49. The highest BCUT2D eigenvalue weighted by atomic mass is 16.5. The van der Waals surface area contributed by atoms with Gasteiger partial charge in [0.25, 0.3) is 0 Å². The molecule has 0 aromatic carbocycles. The molecule has 1 aliphatic heterocycles. The van der Waals surface area contributed by atoms with Crippen LogP contribution in [0.1, 0.15) is 25.1 Å². The number of hydrogen-bond donors (Lipinski definition) is 1. The van der Waals surface area contributed by atoms with E-state index in [0.29, 0.717) is 5.88 Å². The van der Waals surface area contributed by atoms with E-state index in [-0.39, 0.29) is 0 Å². The van der Waals surface area contributed by atoms with Gasteiger partial charge in [0.05, 0.1) is 7.11 Å². The van der Waals surface area contributed by atoms with Crippen molar-refractivity contribution in [2.24, 2.45) is 5.73 Å². The first-order valence-corrected chi connectivity index (χ1v) is 7.80. The lowest BCUT2D eigenvalue weighted by molar-refractivity contribution is 0.251. The number of unbranched alkanes of at least 4 members (excludes halogenated alkanes) is 2. The molecule has 0 aliphatic carbocycles. The highest BCUT2D eigenvalue weighted by molar-refractivity contribution is 5.42. The van der Waals surface area contributed by atoms with Gasteiger partial charge >= 0.3 is 0 Å². The lowest BCUT2D eigenvalue weighted by Gasteiger charge is -2.35. The van der Waals surface area contributed by atoms with Crippen LogP contribution in [0.15, 0.2) is 6.07 Å². The highest BCUT2D eigenvalue weighted by Gasteiger charge is 2.18. The van der Waals surface area contributed by atoms with Crippen molar-refractivity contribution in [2.75, 3.05) is 51.3 Å². The van der Waals surface area contributed by atoms with Crippen molar-refractivity contribution in [3.05, 3.63) is 11.9 Å². The summed E-state index contributed by atoms with van der Waals surface area (Å²) in [4.78, 5) is 13.6. The second kappa shape index (κ2) is 8.14. The van der Waals surface area contributed by atoms with Gasteiger partial charge in [-0.25, -0.2) is 4.98 Å². The lowest BCUT2D eigenvalue weighted by atomic mass is 10.2. The number of rotatable bonds is 7. The van der Waals surface area contributed by atoms with E-state index >= 15 is 0 Å². The van der Waals surface area contributed by atoms with Gasteiger partial charge < -0.3 is 15.4 Å². The standard InChI is InChI=1S/C15H27N5O/c1-13-17-14(12-15(18-13)21-2)20-10-8-19(9-11-20)7-5-3-4-6-16/h12H,3-11,16H2,1-2H3. The third-order valence-corrected chi connectivity index (χ3v) is 3.88. The maximum absolute atomic E-state index is 5.52. The van der Waals surface area contributed by atoms with Crippen molar-refractivity contribution in [1.29, 1.82) is 0 Å². The molecule has 1 fully saturated rings. The normalized spacial score (nSPS) is 16.2. The van der Waals surface area contributed by atoms with Crippen LogP contribution in [-0.2, 0) is 0 Å². The van der Waals surface area contributed by atoms with Crippen LogP contribution in [0.2, 0.25) is 0 Å². The molecule has 21 heavy (non-hydrogen) atoms. The van der Waals surface area contributed by atoms with E-state index in [1.807, 2.05) is 13.0 Å². The van der Waals surface area contributed by atoms with Crippen LogP contribution in [0.5, 0.6) is 5.88 Å². The summed E-state index contributed by atoms with van der Waals surface area (Å²) >= 11 is 0. The Bertz CT molecular complexity index is 432. The Kier molecular flexibility index (Phi) is 6.20. The van der Waals surface area contributed by atoms with Crippen molar-refractivity contribution in [1.82, 2.24) is 14.9 Å². The highest BCUT2D eigenvalue weighted by Crippen LogP contribution is 2.18. The van der Waals surface area contributed by atoms with E-state index < -0.39 is 0 Å². The average molecular weight is 293 g/mol. The summed E-state index contributed by atoms with van der Waals surface area (Å²) in [6.07, 6.45) is 3.62. The molecule has 2 rings (SSSR count). The zero-order valence-electron chi connectivity index (χ0n) is 13.2. The van der Waals surface area contributed by atoms with Crippen LogP contribution in [0, 0.1) is 6.92 Å². The van der Waals surface area contributed by atoms with Crippen molar-refractivity contribution in [3.63, 3.8) is 0 Å². The number of nitrogens with two attached hydrogens (primary N) is 1. The molecule has 0 unspecified atom stereocenters. The van der Waals surface area contributed by atoms with Crippen molar-refractivity contribution >= 4 is 5.82 Å². The third-order valence-electron chi connectivity index (χ3n) is 3.88. The largest absolute Gasteiger partial charge is 0.481 e. The fourth-order valence-corrected chi connectivity index (χ4v) is 2.65. The molecule has 2 heterocycles. The minimum atomic E-state index is 0.640. The molecule has 118 valence electrons.